The molecule has 2 aromatic rings. The fraction of sp³-hybridized carbons (Fsp3) is 0.467. The number of hydrogen-bond acceptors (Lipinski definition) is 5. The molecule has 0 radical (unpaired) electrons. The van der Waals surface area contributed by atoms with E-state index in [4.69, 9.17) is 9.47 Å². The lowest BCUT2D eigenvalue weighted by molar-refractivity contribution is 0.385. The molecule has 2 aromatic heterocycles. The topological polar surface area (TPSA) is 61.2 Å². The molecule has 0 amide bonds. The molecule has 0 saturated carbocycles. The Kier molecular flexibility index (Phi) is 4.80. The summed E-state index contributed by atoms with van der Waals surface area (Å²) in [7, 11) is 5.20. The van der Waals surface area contributed by atoms with Gasteiger partial charge in [-0.1, -0.05) is 0 Å². The second-order valence-corrected chi connectivity index (χ2v) is 4.98. The third-order valence-corrected chi connectivity index (χ3v) is 3.42. The van der Waals surface area contributed by atoms with Gasteiger partial charge in [0.05, 0.1) is 32.7 Å². The van der Waals surface area contributed by atoms with Crippen molar-refractivity contribution in [2.45, 2.75) is 25.9 Å². The summed E-state index contributed by atoms with van der Waals surface area (Å²) in [6, 6.07) is 2.08. The van der Waals surface area contributed by atoms with E-state index >= 15 is 0 Å². The van der Waals surface area contributed by atoms with E-state index < -0.39 is 0 Å². The van der Waals surface area contributed by atoms with Crippen LogP contribution < -0.4 is 14.8 Å². The van der Waals surface area contributed by atoms with Gasteiger partial charge in [-0.3, -0.25) is 9.67 Å². The van der Waals surface area contributed by atoms with Crippen LogP contribution in [0.3, 0.4) is 0 Å². The molecular weight excluding hydrogens is 268 g/mol. The average Bonchev–Trinajstić information content (AvgIpc) is 2.92. The molecule has 0 spiro atoms. The molecule has 114 valence electrons. The highest BCUT2D eigenvalue weighted by Crippen LogP contribution is 2.35. The number of nitrogens with one attached hydrogen (secondary N) is 1. The van der Waals surface area contributed by atoms with Crippen LogP contribution in [0.1, 0.15) is 37.2 Å². The molecule has 6 nitrogen and oxygen atoms in total. The van der Waals surface area contributed by atoms with E-state index in [2.05, 4.69) is 29.2 Å². The minimum Gasteiger partial charge on any atom is -0.495 e. The van der Waals surface area contributed by atoms with Crippen LogP contribution in [-0.2, 0) is 0 Å². The Bertz CT molecular complexity index is 595. The smallest absolute Gasteiger partial charge is 0.161 e. The summed E-state index contributed by atoms with van der Waals surface area (Å²) < 4.78 is 12.9. The van der Waals surface area contributed by atoms with Gasteiger partial charge in [0.2, 0.25) is 0 Å². The van der Waals surface area contributed by atoms with Crippen LogP contribution in [0.25, 0.3) is 0 Å². The molecule has 1 unspecified atom stereocenters. The van der Waals surface area contributed by atoms with Crippen molar-refractivity contribution < 1.29 is 9.47 Å². The summed E-state index contributed by atoms with van der Waals surface area (Å²) in [5.41, 5.74) is 1.97. The van der Waals surface area contributed by atoms with Crippen LogP contribution in [0.5, 0.6) is 11.5 Å². The van der Waals surface area contributed by atoms with Crippen LogP contribution in [0.15, 0.2) is 24.7 Å². The van der Waals surface area contributed by atoms with Crippen LogP contribution in [0.4, 0.5) is 0 Å². The third-order valence-electron chi connectivity index (χ3n) is 3.42. The van der Waals surface area contributed by atoms with Crippen molar-refractivity contribution in [2.75, 3.05) is 21.3 Å². The van der Waals surface area contributed by atoms with Crippen molar-refractivity contribution >= 4 is 0 Å². The molecule has 0 saturated heterocycles. The van der Waals surface area contributed by atoms with Gasteiger partial charge in [0.15, 0.2) is 5.75 Å². The van der Waals surface area contributed by atoms with Crippen molar-refractivity contribution in [1.29, 1.82) is 0 Å². The molecule has 0 aromatic carbocycles. The van der Waals surface area contributed by atoms with E-state index in [0.29, 0.717) is 0 Å². The van der Waals surface area contributed by atoms with Crippen LogP contribution in [0.2, 0.25) is 0 Å². The summed E-state index contributed by atoms with van der Waals surface area (Å²) in [6.45, 7) is 4.18. The monoisotopic (exact) mass is 290 g/mol. The van der Waals surface area contributed by atoms with Gasteiger partial charge in [-0.25, -0.2) is 0 Å². The summed E-state index contributed by atoms with van der Waals surface area (Å²) in [5, 5.41) is 7.75. The summed E-state index contributed by atoms with van der Waals surface area (Å²) in [4.78, 5) is 4.11. The number of rotatable bonds is 6. The van der Waals surface area contributed by atoms with Crippen molar-refractivity contribution in [2.24, 2.45) is 0 Å². The van der Waals surface area contributed by atoms with Gasteiger partial charge < -0.3 is 14.8 Å². The lowest BCUT2D eigenvalue weighted by Crippen LogP contribution is -2.23. The Balaban J connectivity index is 2.58. The molecule has 0 aliphatic heterocycles. The second kappa shape index (κ2) is 6.58. The maximum atomic E-state index is 5.47. The molecule has 0 fully saturated rings. The molecule has 0 bridgehead atoms. The Labute approximate surface area is 125 Å². The van der Waals surface area contributed by atoms with Crippen LogP contribution in [-0.4, -0.2) is 36.0 Å². The van der Waals surface area contributed by atoms with Crippen molar-refractivity contribution in [3.63, 3.8) is 0 Å². The molecular formula is C15H22N4O2. The summed E-state index contributed by atoms with van der Waals surface area (Å²) in [5.74, 6) is 1.48. The summed E-state index contributed by atoms with van der Waals surface area (Å²) in [6.07, 6.45) is 5.21. The SMILES string of the molecule is CNC(c1ccncc1OC)c1c(OC)cnn1C(C)C. The highest BCUT2D eigenvalue weighted by molar-refractivity contribution is 5.42. The number of pyridine rings is 1. The predicted molar refractivity (Wildman–Crippen MR) is 80.9 cm³/mol. The Morgan fingerprint density at radius 2 is 1.86 bits per heavy atom. The van der Waals surface area contributed by atoms with Gasteiger partial charge in [-0.05, 0) is 27.0 Å². The Hall–Kier alpha value is -2.08. The number of ether oxygens (including phenoxy) is 2. The zero-order valence-electron chi connectivity index (χ0n) is 13.1. The third kappa shape index (κ3) is 2.85. The molecule has 0 aliphatic carbocycles. The van der Waals surface area contributed by atoms with Crippen LogP contribution in [0, 0.1) is 0 Å². The largest absolute Gasteiger partial charge is 0.495 e. The van der Waals surface area contributed by atoms with Gasteiger partial charge in [0.1, 0.15) is 11.4 Å². The molecule has 2 rings (SSSR count). The summed E-state index contributed by atoms with van der Waals surface area (Å²) >= 11 is 0. The zero-order valence-corrected chi connectivity index (χ0v) is 13.1. The first-order valence-electron chi connectivity index (χ1n) is 6.90. The van der Waals surface area contributed by atoms with Gasteiger partial charge in [0.25, 0.3) is 0 Å². The standard InChI is InChI=1S/C15H22N4O2/c1-10(2)19-15(13(21-5)9-18-19)14(16-3)11-6-7-17-8-12(11)20-4/h6-10,14,16H,1-5H3. The van der Waals surface area contributed by atoms with Crippen molar-refractivity contribution in [1.82, 2.24) is 20.1 Å². The predicted octanol–water partition coefficient (Wildman–Crippen LogP) is 2.18. The van der Waals surface area contributed by atoms with Crippen molar-refractivity contribution in [3.05, 3.63) is 35.9 Å². The van der Waals surface area contributed by atoms with E-state index in [0.717, 1.165) is 22.8 Å². The Morgan fingerprint density at radius 3 is 2.43 bits per heavy atom. The molecule has 2 heterocycles. The van der Waals surface area contributed by atoms with E-state index in [1.165, 1.54) is 0 Å². The lowest BCUT2D eigenvalue weighted by atomic mass is 10.0. The quantitative estimate of drug-likeness (QED) is 0.883. The number of methoxy groups -OCH3 is 2. The first kappa shape index (κ1) is 15.3. The van der Waals surface area contributed by atoms with Crippen LogP contribution >= 0.6 is 0 Å². The maximum Gasteiger partial charge on any atom is 0.161 e. The van der Waals surface area contributed by atoms with Gasteiger partial charge in [-0.2, -0.15) is 5.10 Å². The van der Waals surface area contributed by atoms with E-state index in [1.807, 2.05) is 17.8 Å². The fourth-order valence-electron chi connectivity index (χ4n) is 2.44. The highest BCUT2D eigenvalue weighted by Gasteiger charge is 2.25. The molecule has 1 N–H and O–H groups in total. The van der Waals surface area contributed by atoms with Gasteiger partial charge in [-0.15, -0.1) is 0 Å². The fourth-order valence-corrected chi connectivity index (χ4v) is 2.44. The van der Waals surface area contributed by atoms with Crippen molar-refractivity contribution in [3.8, 4) is 11.5 Å². The van der Waals surface area contributed by atoms with E-state index in [-0.39, 0.29) is 12.1 Å². The van der Waals surface area contributed by atoms with Gasteiger partial charge in [0, 0.05) is 17.8 Å². The molecule has 6 heteroatoms. The van der Waals surface area contributed by atoms with Gasteiger partial charge >= 0.3 is 0 Å². The highest BCUT2D eigenvalue weighted by atomic mass is 16.5. The average molecular weight is 290 g/mol. The zero-order chi connectivity index (χ0) is 15.4. The normalized spacial score (nSPS) is 12.5. The number of aromatic nitrogens is 3. The first-order chi connectivity index (χ1) is 10.1. The molecule has 21 heavy (non-hydrogen) atoms. The molecule has 1 atom stereocenters. The lowest BCUT2D eigenvalue weighted by Gasteiger charge is -2.22. The first-order valence-corrected chi connectivity index (χ1v) is 6.90. The molecule has 0 aliphatic rings. The maximum absolute atomic E-state index is 5.47. The minimum atomic E-state index is -0.0946. The second-order valence-electron chi connectivity index (χ2n) is 4.98. The number of hydrogen-bond donors (Lipinski definition) is 1. The van der Waals surface area contributed by atoms with E-state index in [9.17, 15) is 0 Å². The Morgan fingerprint density at radius 1 is 1.14 bits per heavy atom. The van der Waals surface area contributed by atoms with E-state index in [1.54, 1.807) is 32.8 Å². The minimum absolute atomic E-state index is 0.0946. The number of nitrogens with zero attached hydrogens (tertiary/aromatic N) is 3.